The lowest BCUT2D eigenvalue weighted by atomic mass is 9.88. The van der Waals surface area contributed by atoms with Crippen LogP contribution in [0.15, 0.2) is 24.3 Å². The van der Waals surface area contributed by atoms with Crippen LogP contribution in [0.3, 0.4) is 0 Å². The quantitative estimate of drug-likeness (QED) is 0.887. The molecule has 0 bridgehead atoms. The molecule has 1 saturated carbocycles. The van der Waals surface area contributed by atoms with E-state index in [9.17, 15) is 0 Å². The molecule has 0 spiro atoms. The molecule has 2 aliphatic rings. The number of benzene rings is 1. The number of hydrogen-bond donors (Lipinski definition) is 1. The molecule has 2 unspecified atom stereocenters. The summed E-state index contributed by atoms with van der Waals surface area (Å²) in [6.07, 6.45) is 5.41. The second-order valence-electron chi connectivity index (χ2n) is 7.36. The number of piperazine rings is 1. The molecule has 116 valence electrons. The lowest BCUT2D eigenvalue weighted by molar-refractivity contribution is 0.0260. The van der Waals surface area contributed by atoms with Crippen molar-refractivity contribution in [3.63, 3.8) is 0 Å². The average molecular weight is 286 g/mol. The van der Waals surface area contributed by atoms with E-state index in [4.69, 9.17) is 0 Å². The molecule has 3 rings (SSSR count). The molecule has 1 N–H and O–H groups in total. The largest absolute Gasteiger partial charge is 0.311 e. The number of aryl methyl sites for hydroxylation is 1. The molecule has 2 nitrogen and oxygen atoms in total. The standard InChI is InChI=1S/C19H30N2/c1-4-5-18-13-21(12-16-8-6-15(2)7-9-16)19(3,14-20-18)17-10-11-17/h6-9,17-18,20H,4-5,10-14H2,1-3H3. The van der Waals surface area contributed by atoms with Crippen LogP contribution in [0, 0.1) is 12.8 Å². The first-order chi connectivity index (χ1) is 10.1. The van der Waals surface area contributed by atoms with Gasteiger partial charge in [-0.1, -0.05) is 43.2 Å². The topological polar surface area (TPSA) is 15.3 Å². The predicted octanol–water partition coefficient (Wildman–Crippen LogP) is 3.74. The van der Waals surface area contributed by atoms with Gasteiger partial charge in [-0.3, -0.25) is 4.90 Å². The van der Waals surface area contributed by atoms with E-state index in [0.717, 1.165) is 19.0 Å². The van der Waals surface area contributed by atoms with Gasteiger partial charge in [0.15, 0.2) is 0 Å². The van der Waals surface area contributed by atoms with E-state index in [0.29, 0.717) is 11.6 Å². The monoisotopic (exact) mass is 286 g/mol. The molecular weight excluding hydrogens is 256 g/mol. The van der Waals surface area contributed by atoms with E-state index < -0.39 is 0 Å². The molecule has 1 aliphatic heterocycles. The highest BCUT2D eigenvalue weighted by molar-refractivity contribution is 5.22. The summed E-state index contributed by atoms with van der Waals surface area (Å²) < 4.78 is 0. The minimum atomic E-state index is 0.356. The van der Waals surface area contributed by atoms with E-state index >= 15 is 0 Å². The second kappa shape index (κ2) is 6.10. The minimum Gasteiger partial charge on any atom is -0.311 e. The maximum Gasteiger partial charge on any atom is 0.0338 e. The Labute approximate surface area is 129 Å². The fourth-order valence-corrected chi connectivity index (χ4v) is 3.81. The van der Waals surface area contributed by atoms with Crippen molar-refractivity contribution >= 4 is 0 Å². The van der Waals surface area contributed by atoms with Gasteiger partial charge in [0.1, 0.15) is 0 Å². The third-order valence-corrected chi connectivity index (χ3v) is 5.50. The SMILES string of the molecule is CCCC1CN(Cc2ccc(C)cc2)C(C)(C2CC2)CN1. The first-order valence-electron chi connectivity index (χ1n) is 8.66. The van der Waals surface area contributed by atoms with Crippen LogP contribution in [0.25, 0.3) is 0 Å². The van der Waals surface area contributed by atoms with Gasteiger partial charge in [-0.2, -0.15) is 0 Å². The van der Waals surface area contributed by atoms with Crippen molar-refractivity contribution in [2.45, 2.75) is 64.6 Å². The van der Waals surface area contributed by atoms with Gasteiger partial charge in [-0.25, -0.2) is 0 Å². The Balaban J connectivity index is 1.74. The summed E-state index contributed by atoms with van der Waals surface area (Å²) >= 11 is 0. The van der Waals surface area contributed by atoms with Gasteiger partial charge in [-0.15, -0.1) is 0 Å². The summed E-state index contributed by atoms with van der Waals surface area (Å²) in [5.41, 5.74) is 3.17. The first kappa shape index (κ1) is 15.1. The van der Waals surface area contributed by atoms with Crippen LogP contribution in [0.5, 0.6) is 0 Å². The number of hydrogen-bond acceptors (Lipinski definition) is 2. The molecule has 1 aromatic carbocycles. The molecule has 0 radical (unpaired) electrons. The summed E-state index contributed by atoms with van der Waals surface area (Å²) in [4.78, 5) is 2.77. The molecule has 1 heterocycles. The van der Waals surface area contributed by atoms with Crippen molar-refractivity contribution in [1.82, 2.24) is 10.2 Å². The van der Waals surface area contributed by atoms with Crippen molar-refractivity contribution in [3.05, 3.63) is 35.4 Å². The van der Waals surface area contributed by atoms with Crippen molar-refractivity contribution in [3.8, 4) is 0 Å². The summed E-state index contributed by atoms with van der Waals surface area (Å²) in [5.74, 6) is 0.901. The Morgan fingerprint density at radius 1 is 1.24 bits per heavy atom. The Morgan fingerprint density at radius 2 is 1.95 bits per heavy atom. The Bertz CT molecular complexity index is 463. The van der Waals surface area contributed by atoms with Gasteiger partial charge >= 0.3 is 0 Å². The van der Waals surface area contributed by atoms with Crippen molar-refractivity contribution in [2.75, 3.05) is 13.1 Å². The average Bonchev–Trinajstić information content (AvgIpc) is 3.30. The van der Waals surface area contributed by atoms with Gasteiger partial charge < -0.3 is 5.32 Å². The fraction of sp³-hybridized carbons (Fsp3) is 0.684. The van der Waals surface area contributed by atoms with E-state index in [1.54, 1.807) is 0 Å². The number of nitrogens with zero attached hydrogens (tertiary/aromatic N) is 1. The fourth-order valence-electron chi connectivity index (χ4n) is 3.81. The third kappa shape index (κ3) is 3.32. The number of rotatable bonds is 5. The minimum absolute atomic E-state index is 0.356. The predicted molar refractivity (Wildman–Crippen MR) is 89.4 cm³/mol. The molecule has 0 aromatic heterocycles. The molecule has 2 heteroatoms. The van der Waals surface area contributed by atoms with Crippen LogP contribution in [0.1, 0.15) is 50.7 Å². The van der Waals surface area contributed by atoms with Crippen molar-refractivity contribution < 1.29 is 0 Å². The van der Waals surface area contributed by atoms with Crippen LogP contribution in [-0.2, 0) is 6.54 Å². The summed E-state index contributed by atoms with van der Waals surface area (Å²) in [7, 11) is 0. The molecule has 0 amide bonds. The van der Waals surface area contributed by atoms with Crippen LogP contribution in [0.2, 0.25) is 0 Å². The summed E-state index contributed by atoms with van der Waals surface area (Å²) in [6, 6.07) is 9.77. The van der Waals surface area contributed by atoms with E-state index in [1.807, 2.05) is 0 Å². The Kier molecular flexibility index (Phi) is 4.37. The van der Waals surface area contributed by atoms with Gasteiger partial charge in [0, 0.05) is 31.2 Å². The highest BCUT2D eigenvalue weighted by Crippen LogP contribution is 2.44. The molecule has 21 heavy (non-hydrogen) atoms. The van der Waals surface area contributed by atoms with E-state index in [2.05, 4.69) is 55.3 Å². The first-order valence-corrected chi connectivity index (χ1v) is 8.66. The highest BCUT2D eigenvalue weighted by Gasteiger charge is 2.47. The molecule has 1 aliphatic carbocycles. The Hall–Kier alpha value is -0.860. The zero-order valence-corrected chi connectivity index (χ0v) is 13.9. The summed E-state index contributed by atoms with van der Waals surface area (Å²) in [6.45, 7) is 10.4. The summed E-state index contributed by atoms with van der Waals surface area (Å²) in [5, 5.41) is 3.82. The van der Waals surface area contributed by atoms with Crippen LogP contribution < -0.4 is 5.32 Å². The van der Waals surface area contributed by atoms with Crippen LogP contribution >= 0.6 is 0 Å². The van der Waals surface area contributed by atoms with Crippen LogP contribution in [0.4, 0.5) is 0 Å². The lowest BCUT2D eigenvalue weighted by Gasteiger charge is -2.49. The molecule has 2 fully saturated rings. The zero-order valence-electron chi connectivity index (χ0n) is 13.9. The second-order valence-corrected chi connectivity index (χ2v) is 7.36. The smallest absolute Gasteiger partial charge is 0.0338 e. The normalized spacial score (nSPS) is 30.5. The third-order valence-electron chi connectivity index (χ3n) is 5.50. The van der Waals surface area contributed by atoms with Crippen LogP contribution in [-0.4, -0.2) is 29.6 Å². The maximum atomic E-state index is 3.82. The highest BCUT2D eigenvalue weighted by atomic mass is 15.3. The lowest BCUT2D eigenvalue weighted by Crippen LogP contribution is -2.63. The van der Waals surface area contributed by atoms with Gasteiger partial charge in [0.25, 0.3) is 0 Å². The molecule has 1 aromatic rings. The zero-order chi connectivity index (χ0) is 14.9. The van der Waals surface area contributed by atoms with Gasteiger partial charge in [0.2, 0.25) is 0 Å². The molecule has 2 atom stereocenters. The van der Waals surface area contributed by atoms with Gasteiger partial charge in [-0.05, 0) is 44.6 Å². The van der Waals surface area contributed by atoms with Crippen molar-refractivity contribution in [1.29, 1.82) is 0 Å². The van der Waals surface area contributed by atoms with E-state index in [-0.39, 0.29) is 0 Å². The van der Waals surface area contributed by atoms with E-state index in [1.165, 1.54) is 43.4 Å². The molecular formula is C19H30N2. The van der Waals surface area contributed by atoms with Gasteiger partial charge in [0.05, 0.1) is 0 Å². The number of nitrogens with one attached hydrogen (secondary N) is 1. The van der Waals surface area contributed by atoms with Crippen molar-refractivity contribution in [2.24, 2.45) is 5.92 Å². The molecule has 1 saturated heterocycles. The maximum absolute atomic E-state index is 3.82. The Morgan fingerprint density at radius 3 is 2.57 bits per heavy atom.